The van der Waals surface area contributed by atoms with E-state index in [0.29, 0.717) is 29.4 Å². The maximum Gasteiger partial charge on any atom is 0.338 e. The minimum atomic E-state index is -0.335. The third-order valence-corrected chi connectivity index (χ3v) is 3.09. The minimum Gasteiger partial charge on any atom is -0.462 e. The molecule has 3 aromatic rings. The van der Waals surface area contributed by atoms with Crippen LogP contribution in [0.2, 0.25) is 0 Å². The Kier molecular flexibility index (Phi) is 4.41. The molecule has 0 radical (unpaired) electrons. The van der Waals surface area contributed by atoms with Gasteiger partial charge in [0.25, 0.3) is 0 Å². The third kappa shape index (κ3) is 3.60. The zero-order chi connectivity index (χ0) is 16.1. The second-order valence-electron chi connectivity index (χ2n) is 4.81. The fourth-order valence-corrected chi connectivity index (χ4v) is 1.86. The lowest BCUT2D eigenvalue weighted by atomic mass is 10.2. The number of hydrogen-bond acceptors (Lipinski definition) is 7. The van der Waals surface area contributed by atoms with Crippen LogP contribution in [-0.4, -0.2) is 37.8 Å². The molecule has 1 aromatic carbocycles. The maximum atomic E-state index is 11.8. The van der Waals surface area contributed by atoms with Crippen LogP contribution >= 0.6 is 0 Å². The fourth-order valence-electron chi connectivity index (χ4n) is 1.86. The molecule has 0 spiro atoms. The number of hydrogen-bond donors (Lipinski definition) is 0. The van der Waals surface area contributed by atoms with Crippen LogP contribution in [0, 0.1) is 0 Å². The van der Waals surface area contributed by atoms with Gasteiger partial charge in [-0.1, -0.05) is 13.3 Å². The Balaban J connectivity index is 1.65. The predicted octanol–water partition coefficient (Wildman–Crippen LogP) is 2.27. The molecule has 0 amide bonds. The first kappa shape index (κ1) is 14.9. The standard InChI is InChI=1S/C15H15N5O3/c1-2-3-10-22-15(21)11-4-6-12(7-5-11)23-14-9-8-13-16-18-19-20(13)17-14/h4-9H,2-3,10H2,1H3. The summed E-state index contributed by atoms with van der Waals surface area (Å²) < 4.78 is 12.0. The van der Waals surface area contributed by atoms with Crippen molar-refractivity contribution in [3.8, 4) is 11.6 Å². The van der Waals surface area contributed by atoms with Crippen LogP contribution in [0.5, 0.6) is 11.6 Å². The quantitative estimate of drug-likeness (QED) is 0.509. The van der Waals surface area contributed by atoms with E-state index in [4.69, 9.17) is 9.47 Å². The molecule has 0 fully saturated rings. The zero-order valence-electron chi connectivity index (χ0n) is 12.5. The first-order valence-corrected chi connectivity index (χ1v) is 7.27. The summed E-state index contributed by atoms with van der Waals surface area (Å²) in [6.07, 6.45) is 1.84. The zero-order valence-corrected chi connectivity index (χ0v) is 12.5. The fraction of sp³-hybridized carbons (Fsp3) is 0.267. The largest absolute Gasteiger partial charge is 0.462 e. The van der Waals surface area contributed by atoms with Crippen molar-refractivity contribution >= 4 is 11.6 Å². The molecular weight excluding hydrogens is 298 g/mol. The van der Waals surface area contributed by atoms with Crippen molar-refractivity contribution in [3.05, 3.63) is 42.0 Å². The van der Waals surface area contributed by atoms with Crippen LogP contribution in [0.25, 0.3) is 5.65 Å². The van der Waals surface area contributed by atoms with Crippen LogP contribution in [0.4, 0.5) is 0 Å². The highest BCUT2D eigenvalue weighted by Crippen LogP contribution is 2.20. The van der Waals surface area contributed by atoms with Gasteiger partial charge in [-0.25, -0.2) is 4.79 Å². The van der Waals surface area contributed by atoms with Gasteiger partial charge in [0.2, 0.25) is 5.88 Å². The monoisotopic (exact) mass is 313 g/mol. The van der Waals surface area contributed by atoms with Crippen LogP contribution in [0.3, 0.4) is 0 Å². The normalized spacial score (nSPS) is 10.7. The lowest BCUT2D eigenvalue weighted by molar-refractivity contribution is 0.0499. The average Bonchev–Trinajstić information content (AvgIpc) is 3.03. The van der Waals surface area contributed by atoms with E-state index >= 15 is 0 Å². The highest BCUT2D eigenvalue weighted by atomic mass is 16.5. The van der Waals surface area contributed by atoms with Crippen LogP contribution in [0.15, 0.2) is 36.4 Å². The number of carbonyl (C=O) groups is 1. The minimum absolute atomic E-state index is 0.335. The first-order chi connectivity index (χ1) is 11.3. The Labute approximate surface area is 132 Å². The number of nitrogens with zero attached hydrogens (tertiary/aromatic N) is 5. The molecule has 2 aromatic heterocycles. The van der Waals surface area contributed by atoms with E-state index in [9.17, 15) is 4.79 Å². The molecular formula is C15H15N5O3. The number of aromatic nitrogens is 5. The summed E-state index contributed by atoms with van der Waals surface area (Å²) >= 11 is 0. The van der Waals surface area contributed by atoms with Gasteiger partial charge in [0, 0.05) is 6.07 Å². The van der Waals surface area contributed by atoms with Crippen molar-refractivity contribution in [2.75, 3.05) is 6.61 Å². The van der Waals surface area contributed by atoms with Crippen LogP contribution in [-0.2, 0) is 4.74 Å². The lowest BCUT2D eigenvalue weighted by Gasteiger charge is -2.06. The Bertz CT molecular complexity index is 800. The Hall–Kier alpha value is -3.03. The second-order valence-corrected chi connectivity index (χ2v) is 4.81. The molecule has 0 saturated carbocycles. The van der Waals surface area contributed by atoms with Gasteiger partial charge >= 0.3 is 5.97 Å². The maximum absolute atomic E-state index is 11.8. The molecule has 2 heterocycles. The molecule has 0 aliphatic rings. The van der Waals surface area contributed by atoms with E-state index < -0.39 is 0 Å². The van der Waals surface area contributed by atoms with Gasteiger partial charge in [-0.15, -0.1) is 14.8 Å². The number of unbranched alkanes of at least 4 members (excludes halogenated alkanes) is 1. The summed E-state index contributed by atoms with van der Waals surface area (Å²) in [6, 6.07) is 10.0. The topological polar surface area (TPSA) is 91.5 Å². The Morgan fingerprint density at radius 1 is 1.17 bits per heavy atom. The number of fused-ring (bicyclic) bond motifs is 1. The van der Waals surface area contributed by atoms with Crippen molar-refractivity contribution in [1.29, 1.82) is 0 Å². The number of esters is 1. The Morgan fingerprint density at radius 2 is 2.00 bits per heavy atom. The predicted molar refractivity (Wildman–Crippen MR) is 80.3 cm³/mol. The number of ether oxygens (including phenoxy) is 2. The van der Waals surface area contributed by atoms with E-state index in [0.717, 1.165) is 12.8 Å². The number of rotatable bonds is 6. The molecule has 23 heavy (non-hydrogen) atoms. The molecule has 0 saturated heterocycles. The van der Waals surface area contributed by atoms with Gasteiger partial charge < -0.3 is 9.47 Å². The molecule has 0 atom stereocenters. The SMILES string of the molecule is CCCCOC(=O)c1ccc(Oc2ccc3nnnn3n2)cc1. The molecule has 8 heteroatoms. The van der Waals surface area contributed by atoms with Gasteiger partial charge in [0.05, 0.1) is 12.2 Å². The van der Waals surface area contributed by atoms with Crippen molar-refractivity contribution in [1.82, 2.24) is 25.3 Å². The van der Waals surface area contributed by atoms with Crippen molar-refractivity contribution in [3.63, 3.8) is 0 Å². The highest BCUT2D eigenvalue weighted by molar-refractivity contribution is 5.89. The summed E-state index contributed by atoms with van der Waals surface area (Å²) in [5, 5.41) is 15.1. The summed E-state index contributed by atoms with van der Waals surface area (Å²) in [4.78, 5) is 11.8. The molecule has 118 valence electrons. The van der Waals surface area contributed by atoms with Crippen LogP contribution < -0.4 is 4.74 Å². The summed E-state index contributed by atoms with van der Waals surface area (Å²) in [6.45, 7) is 2.48. The van der Waals surface area contributed by atoms with Crippen molar-refractivity contribution in [2.45, 2.75) is 19.8 Å². The molecule has 0 N–H and O–H groups in total. The van der Waals surface area contributed by atoms with E-state index in [1.165, 1.54) is 4.63 Å². The van der Waals surface area contributed by atoms with Gasteiger partial charge in [-0.2, -0.15) is 0 Å². The molecule has 0 aliphatic heterocycles. The second kappa shape index (κ2) is 6.82. The van der Waals surface area contributed by atoms with Gasteiger partial charge in [-0.3, -0.25) is 0 Å². The molecule has 0 aliphatic carbocycles. The lowest BCUT2D eigenvalue weighted by Crippen LogP contribution is -2.06. The van der Waals surface area contributed by atoms with Gasteiger partial charge in [0.15, 0.2) is 5.65 Å². The average molecular weight is 313 g/mol. The summed E-state index contributed by atoms with van der Waals surface area (Å²) in [7, 11) is 0. The molecule has 0 unspecified atom stereocenters. The molecule has 8 nitrogen and oxygen atoms in total. The Morgan fingerprint density at radius 3 is 2.78 bits per heavy atom. The van der Waals surface area contributed by atoms with Crippen molar-refractivity contribution < 1.29 is 14.3 Å². The third-order valence-electron chi connectivity index (χ3n) is 3.09. The van der Waals surface area contributed by atoms with Gasteiger partial charge in [0.1, 0.15) is 5.75 Å². The number of carbonyl (C=O) groups excluding carboxylic acids is 1. The smallest absolute Gasteiger partial charge is 0.338 e. The van der Waals surface area contributed by atoms with E-state index in [2.05, 4.69) is 20.6 Å². The van der Waals surface area contributed by atoms with Crippen molar-refractivity contribution in [2.24, 2.45) is 0 Å². The number of benzene rings is 1. The summed E-state index contributed by atoms with van der Waals surface area (Å²) in [5.74, 6) is 0.566. The van der Waals surface area contributed by atoms with E-state index in [1.54, 1.807) is 36.4 Å². The van der Waals surface area contributed by atoms with E-state index in [-0.39, 0.29) is 5.97 Å². The number of tetrazole rings is 1. The van der Waals surface area contributed by atoms with Crippen LogP contribution in [0.1, 0.15) is 30.1 Å². The van der Waals surface area contributed by atoms with E-state index in [1.807, 2.05) is 6.92 Å². The molecule has 3 rings (SSSR count). The molecule has 0 bridgehead atoms. The highest BCUT2D eigenvalue weighted by Gasteiger charge is 2.08. The first-order valence-electron chi connectivity index (χ1n) is 7.27. The van der Waals surface area contributed by atoms with Gasteiger partial charge in [-0.05, 0) is 47.2 Å². The summed E-state index contributed by atoms with van der Waals surface area (Å²) in [5.41, 5.74) is 1.01.